The van der Waals surface area contributed by atoms with Gasteiger partial charge in [0.05, 0.1) is 32.9 Å². The van der Waals surface area contributed by atoms with Crippen molar-refractivity contribution in [3.8, 4) is 22.3 Å². The van der Waals surface area contributed by atoms with Crippen LogP contribution >= 0.6 is 0 Å². The molecule has 1 nitrogen and oxygen atoms in total. The first-order chi connectivity index (χ1) is 30.3. The maximum atomic E-state index is 9.43. The van der Waals surface area contributed by atoms with Crippen LogP contribution in [0.25, 0.3) is 87.3 Å². The lowest BCUT2D eigenvalue weighted by Crippen LogP contribution is -1.87. The standard InChI is InChI=1S/C40H24O/c1-2-9-29-24-39-37(21-28(29)8-1)36-22-30(18-20-38(36)41-39)25-13-15-27(16-14-25)40-33-12-6-4-10-31(33)23-35-32-11-5-3-7-26(32)17-19-34(35)40/h1-24H/i1D,2D,3D,4D,5D,6D,7D,8D,9D,10D,11D,12D,13D,14D,15D,16D,17D,18D,19D,20D,21D,22D,23D,24D. The van der Waals surface area contributed by atoms with Crippen molar-refractivity contribution >= 4 is 65.0 Å². The van der Waals surface area contributed by atoms with Crippen LogP contribution in [0.5, 0.6) is 0 Å². The molecule has 0 amide bonds. The van der Waals surface area contributed by atoms with Crippen molar-refractivity contribution in [1.29, 1.82) is 0 Å². The fourth-order valence-electron chi connectivity index (χ4n) is 4.86. The van der Waals surface area contributed by atoms with E-state index in [2.05, 4.69) is 0 Å². The summed E-state index contributed by atoms with van der Waals surface area (Å²) in [6.07, 6.45) is 0. The summed E-state index contributed by atoms with van der Waals surface area (Å²) in [7, 11) is 0. The Morgan fingerprint density at radius 2 is 0.951 bits per heavy atom. The molecule has 0 atom stereocenters. The molecule has 9 rings (SSSR count). The summed E-state index contributed by atoms with van der Waals surface area (Å²) in [6, 6.07) is -19.5. The second-order valence-corrected chi connectivity index (χ2v) is 9.01. The molecule has 1 aromatic heterocycles. The molecule has 0 radical (unpaired) electrons. The molecule has 0 aliphatic rings. The highest BCUT2D eigenvalue weighted by Crippen LogP contribution is 2.40. The molecule has 190 valence electrons. The van der Waals surface area contributed by atoms with Crippen LogP contribution in [0.15, 0.2) is 149 Å². The van der Waals surface area contributed by atoms with Gasteiger partial charge in [0.15, 0.2) is 0 Å². The summed E-state index contributed by atoms with van der Waals surface area (Å²) in [5.74, 6) is 0. The van der Waals surface area contributed by atoms with Crippen LogP contribution in [-0.2, 0) is 0 Å². The smallest absolute Gasteiger partial charge is 0.136 e. The second-order valence-electron chi connectivity index (χ2n) is 9.01. The Balaban J connectivity index is 1.48. The monoisotopic (exact) mass is 544 g/mol. The van der Waals surface area contributed by atoms with Gasteiger partial charge in [0, 0.05) is 10.8 Å². The number of hydrogen-bond acceptors (Lipinski definition) is 1. The summed E-state index contributed by atoms with van der Waals surface area (Å²) >= 11 is 0. The topological polar surface area (TPSA) is 13.1 Å². The molecule has 0 bridgehead atoms. The second kappa shape index (κ2) is 8.55. The van der Waals surface area contributed by atoms with Crippen LogP contribution in [0.2, 0.25) is 0 Å². The molecular formula is C40H24O. The van der Waals surface area contributed by atoms with Crippen molar-refractivity contribution in [3.05, 3.63) is 145 Å². The molecule has 0 spiro atoms. The predicted octanol–water partition coefficient (Wildman–Crippen LogP) is 11.5. The third kappa shape index (κ3) is 3.43. The summed E-state index contributed by atoms with van der Waals surface area (Å²) in [5, 5.41) is -4.89. The normalized spacial score (nSPS) is 20.1. The van der Waals surface area contributed by atoms with Crippen molar-refractivity contribution in [1.82, 2.24) is 0 Å². The molecule has 8 aromatic carbocycles. The van der Waals surface area contributed by atoms with Gasteiger partial charge in [0.2, 0.25) is 0 Å². The van der Waals surface area contributed by atoms with E-state index in [4.69, 9.17) is 27.7 Å². The van der Waals surface area contributed by atoms with Crippen LogP contribution < -0.4 is 0 Å². The van der Waals surface area contributed by atoms with E-state index < -0.39 is 227 Å². The lowest BCUT2D eigenvalue weighted by Gasteiger charge is -2.14. The average molecular weight is 545 g/mol. The molecule has 0 aliphatic heterocycles. The quantitative estimate of drug-likeness (QED) is 0.156. The van der Waals surface area contributed by atoms with E-state index in [9.17, 15) is 9.60 Å². The summed E-state index contributed by atoms with van der Waals surface area (Å²) < 4.78 is 218. The van der Waals surface area contributed by atoms with Crippen LogP contribution in [0.1, 0.15) is 32.9 Å². The van der Waals surface area contributed by atoms with Gasteiger partial charge < -0.3 is 4.42 Å². The van der Waals surface area contributed by atoms with Gasteiger partial charge in [-0.05, 0) is 95.6 Å². The van der Waals surface area contributed by atoms with Gasteiger partial charge in [0.25, 0.3) is 0 Å². The first-order valence-corrected chi connectivity index (χ1v) is 12.2. The maximum absolute atomic E-state index is 9.43. The molecule has 41 heavy (non-hydrogen) atoms. The van der Waals surface area contributed by atoms with Gasteiger partial charge in [-0.1, -0.05) is 115 Å². The summed E-state index contributed by atoms with van der Waals surface area (Å²) in [6.45, 7) is 0. The van der Waals surface area contributed by atoms with Gasteiger partial charge in [-0.25, -0.2) is 0 Å². The van der Waals surface area contributed by atoms with Gasteiger partial charge in [-0.2, -0.15) is 0 Å². The molecule has 1 heteroatoms. The van der Waals surface area contributed by atoms with E-state index in [1.807, 2.05) is 0 Å². The van der Waals surface area contributed by atoms with Crippen molar-refractivity contribution in [3.63, 3.8) is 0 Å². The molecule has 0 aliphatic carbocycles. The van der Waals surface area contributed by atoms with Crippen molar-refractivity contribution in [2.45, 2.75) is 0 Å². The van der Waals surface area contributed by atoms with Crippen molar-refractivity contribution in [2.24, 2.45) is 0 Å². The van der Waals surface area contributed by atoms with Crippen LogP contribution in [0.4, 0.5) is 0 Å². The fraction of sp³-hybridized carbons (Fsp3) is 0. The molecule has 9 aromatic rings. The Hall–Kier alpha value is -5.40. The first-order valence-electron chi connectivity index (χ1n) is 24.2. The first kappa shape index (κ1) is 9.33. The van der Waals surface area contributed by atoms with Gasteiger partial charge >= 0.3 is 0 Å². The van der Waals surface area contributed by atoms with Gasteiger partial charge in [-0.15, -0.1) is 0 Å². The lowest BCUT2D eigenvalue weighted by molar-refractivity contribution is 0.669. The summed E-state index contributed by atoms with van der Waals surface area (Å²) in [4.78, 5) is 0. The third-order valence-corrected chi connectivity index (χ3v) is 6.70. The number of fused-ring (bicyclic) bond motifs is 8. The predicted molar refractivity (Wildman–Crippen MR) is 175 cm³/mol. The molecule has 0 unspecified atom stereocenters. The fourth-order valence-corrected chi connectivity index (χ4v) is 4.86. The zero-order valence-electron chi connectivity index (χ0n) is 44.4. The molecule has 1 heterocycles. The number of hydrogen-bond donors (Lipinski definition) is 0. The van der Waals surface area contributed by atoms with E-state index >= 15 is 0 Å². The van der Waals surface area contributed by atoms with E-state index in [1.165, 1.54) is 0 Å². The molecule has 0 saturated heterocycles. The Morgan fingerprint density at radius 1 is 0.341 bits per heavy atom. The van der Waals surface area contributed by atoms with Crippen molar-refractivity contribution in [2.75, 3.05) is 0 Å². The number of furan rings is 1. The minimum atomic E-state index is -1.01. The average Bonchev–Trinajstić information content (AvgIpc) is 3.69. The van der Waals surface area contributed by atoms with E-state index in [-0.39, 0.29) is 5.39 Å². The Labute approximate surface area is 270 Å². The van der Waals surface area contributed by atoms with Gasteiger partial charge in [-0.3, -0.25) is 0 Å². The highest BCUT2D eigenvalue weighted by Gasteiger charge is 2.13. The molecular weight excluding hydrogens is 496 g/mol. The number of rotatable bonds is 2. The largest absolute Gasteiger partial charge is 0.456 e. The minimum absolute atomic E-state index is 0.379. The Morgan fingerprint density at radius 3 is 1.78 bits per heavy atom. The SMILES string of the molecule is [2H]c1c([2H])c(-c2c3c([2H])c([2H])c([2H])c([2H])c3c([2H])c3c2c([2H])c([2H])c2c([2H])c([2H])c([2H])c([2H])c23)c([2H])c([2H])c1-c1c([2H])c([2H])c2oc3c([2H])c4c([2H])c([2H])c([2H])c([2H])c4c([2H])c3c2c1[2H]. The third-order valence-electron chi connectivity index (χ3n) is 6.70. The molecule has 0 saturated carbocycles. The van der Waals surface area contributed by atoms with E-state index in [1.54, 1.807) is 0 Å². The maximum Gasteiger partial charge on any atom is 0.136 e. The van der Waals surface area contributed by atoms with Crippen LogP contribution in [0, 0.1) is 0 Å². The highest BCUT2D eigenvalue weighted by molar-refractivity contribution is 6.20. The number of benzene rings is 8. The van der Waals surface area contributed by atoms with E-state index in [0.29, 0.717) is 0 Å². The lowest BCUT2D eigenvalue weighted by atomic mass is 9.89. The molecule has 0 N–H and O–H groups in total. The molecule has 0 fully saturated rings. The van der Waals surface area contributed by atoms with Crippen LogP contribution in [0.3, 0.4) is 0 Å². The Kier molecular flexibility index (Phi) is 1.94. The Bertz CT molecular complexity index is 3790. The minimum Gasteiger partial charge on any atom is -0.456 e. The highest BCUT2D eigenvalue weighted by atomic mass is 16.3. The summed E-state index contributed by atoms with van der Waals surface area (Å²) in [5.41, 5.74) is -3.85. The van der Waals surface area contributed by atoms with Crippen molar-refractivity contribution < 1.29 is 37.3 Å². The van der Waals surface area contributed by atoms with Gasteiger partial charge in [0.1, 0.15) is 11.2 Å². The zero-order chi connectivity index (χ0) is 47.8. The van der Waals surface area contributed by atoms with E-state index in [0.717, 1.165) is 0 Å². The van der Waals surface area contributed by atoms with Crippen LogP contribution in [-0.4, -0.2) is 0 Å². The zero-order valence-corrected chi connectivity index (χ0v) is 20.4.